The SMILES string of the molecule is OCc1nc(Cl)ccc1-c1c(F)c(F)c(F)c(F)c1F. The molecule has 0 saturated heterocycles. The van der Waals surface area contributed by atoms with Gasteiger partial charge >= 0.3 is 0 Å². The van der Waals surface area contributed by atoms with Crippen LogP contribution in [0.25, 0.3) is 11.1 Å². The van der Waals surface area contributed by atoms with Crippen LogP contribution in [0.15, 0.2) is 12.1 Å². The fraction of sp³-hybridized carbons (Fsp3) is 0.0833. The lowest BCUT2D eigenvalue weighted by Gasteiger charge is -2.11. The van der Waals surface area contributed by atoms with E-state index >= 15 is 0 Å². The Labute approximate surface area is 114 Å². The van der Waals surface area contributed by atoms with Gasteiger partial charge in [0.2, 0.25) is 5.82 Å². The number of halogens is 6. The van der Waals surface area contributed by atoms with Crippen molar-refractivity contribution in [3.05, 3.63) is 52.1 Å². The van der Waals surface area contributed by atoms with Crippen molar-refractivity contribution in [2.24, 2.45) is 0 Å². The number of rotatable bonds is 2. The highest BCUT2D eigenvalue weighted by Gasteiger charge is 2.28. The third kappa shape index (κ3) is 2.23. The van der Waals surface area contributed by atoms with E-state index < -0.39 is 46.8 Å². The third-order valence-corrected chi connectivity index (χ3v) is 2.78. The standard InChI is InChI=1S/C12H5ClF5NO/c13-6-2-1-4(5(3-20)19-6)7-8(14)10(16)12(18)11(17)9(7)15/h1-2,20H,3H2. The fourth-order valence-corrected chi connectivity index (χ4v) is 1.83. The van der Waals surface area contributed by atoms with Gasteiger partial charge in [-0.05, 0) is 12.1 Å². The van der Waals surface area contributed by atoms with Crippen LogP contribution < -0.4 is 0 Å². The van der Waals surface area contributed by atoms with Crippen molar-refractivity contribution in [1.82, 2.24) is 4.98 Å². The molecule has 0 spiro atoms. The number of benzene rings is 1. The molecule has 0 unspecified atom stereocenters. The van der Waals surface area contributed by atoms with Crippen molar-refractivity contribution in [3.63, 3.8) is 0 Å². The average Bonchev–Trinajstić information content (AvgIpc) is 2.44. The van der Waals surface area contributed by atoms with E-state index in [0.717, 1.165) is 12.1 Å². The van der Waals surface area contributed by atoms with Crippen LogP contribution in [-0.4, -0.2) is 10.1 Å². The summed E-state index contributed by atoms with van der Waals surface area (Å²) in [6.45, 7) is -0.782. The van der Waals surface area contributed by atoms with Crippen molar-refractivity contribution < 1.29 is 27.1 Å². The Kier molecular flexibility index (Phi) is 3.92. The first-order chi connectivity index (χ1) is 9.38. The predicted molar refractivity (Wildman–Crippen MR) is 60.4 cm³/mol. The molecule has 2 aromatic rings. The molecule has 0 radical (unpaired) electrons. The monoisotopic (exact) mass is 309 g/mol. The van der Waals surface area contributed by atoms with E-state index in [-0.39, 0.29) is 10.8 Å². The van der Waals surface area contributed by atoms with Gasteiger partial charge in [-0.25, -0.2) is 26.9 Å². The zero-order chi connectivity index (χ0) is 15.0. The first-order valence-corrected chi connectivity index (χ1v) is 5.54. The summed E-state index contributed by atoms with van der Waals surface area (Å²) >= 11 is 5.53. The molecule has 0 saturated carbocycles. The van der Waals surface area contributed by atoms with E-state index in [0.29, 0.717) is 0 Å². The van der Waals surface area contributed by atoms with Gasteiger partial charge in [0, 0.05) is 5.56 Å². The van der Waals surface area contributed by atoms with E-state index in [4.69, 9.17) is 16.7 Å². The molecule has 2 rings (SSSR count). The van der Waals surface area contributed by atoms with E-state index in [2.05, 4.69) is 4.98 Å². The molecule has 0 bridgehead atoms. The minimum atomic E-state index is -2.25. The van der Waals surface area contributed by atoms with Gasteiger partial charge in [0.05, 0.1) is 17.9 Å². The molecule has 106 valence electrons. The van der Waals surface area contributed by atoms with Gasteiger partial charge < -0.3 is 5.11 Å². The lowest BCUT2D eigenvalue weighted by Crippen LogP contribution is -2.06. The molecule has 1 aromatic heterocycles. The largest absolute Gasteiger partial charge is 0.390 e. The molecule has 0 aliphatic carbocycles. The Balaban J connectivity index is 2.83. The van der Waals surface area contributed by atoms with Crippen molar-refractivity contribution in [1.29, 1.82) is 0 Å². The van der Waals surface area contributed by atoms with Crippen LogP contribution in [0.3, 0.4) is 0 Å². The van der Waals surface area contributed by atoms with E-state index in [9.17, 15) is 22.0 Å². The molecule has 0 amide bonds. The highest BCUT2D eigenvalue weighted by Crippen LogP contribution is 2.33. The Hall–Kier alpha value is -1.73. The van der Waals surface area contributed by atoms with E-state index in [1.807, 2.05) is 0 Å². The maximum atomic E-state index is 13.6. The van der Waals surface area contributed by atoms with Crippen LogP contribution in [0, 0.1) is 29.1 Å². The molecule has 20 heavy (non-hydrogen) atoms. The Morgan fingerprint density at radius 3 is 1.90 bits per heavy atom. The van der Waals surface area contributed by atoms with Crippen LogP contribution in [0.5, 0.6) is 0 Å². The van der Waals surface area contributed by atoms with Crippen molar-refractivity contribution in [3.8, 4) is 11.1 Å². The smallest absolute Gasteiger partial charge is 0.200 e. The van der Waals surface area contributed by atoms with Crippen molar-refractivity contribution in [2.45, 2.75) is 6.61 Å². The molecule has 0 aliphatic rings. The zero-order valence-electron chi connectivity index (χ0n) is 9.52. The van der Waals surface area contributed by atoms with Gasteiger partial charge in [0.25, 0.3) is 0 Å². The van der Waals surface area contributed by atoms with Crippen LogP contribution in [0.1, 0.15) is 5.69 Å². The lowest BCUT2D eigenvalue weighted by atomic mass is 10.0. The predicted octanol–water partition coefficient (Wildman–Crippen LogP) is 3.59. The Morgan fingerprint density at radius 2 is 1.40 bits per heavy atom. The van der Waals surface area contributed by atoms with Gasteiger partial charge in [-0.1, -0.05) is 11.6 Å². The second-order valence-corrected chi connectivity index (χ2v) is 4.12. The van der Waals surface area contributed by atoms with Crippen molar-refractivity contribution >= 4 is 11.6 Å². The summed E-state index contributed by atoms with van der Waals surface area (Å²) in [4.78, 5) is 3.58. The van der Waals surface area contributed by atoms with Crippen LogP contribution in [0.4, 0.5) is 22.0 Å². The van der Waals surface area contributed by atoms with Gasteiger partial charge in [-0.15, -0.1) is 0 Å². The number of pyridine rings is 1. The normalized spacial score (nSPS) is 10.9. The first kappa shape index (κ1) is 14.7. The topological polar surface area (TPSA) is 33.1 Å². The summed E-state index contributed by atoms with van der Waals surface area (Å²) in [7, 11) is 0. The first-order valence-electron chi connectivity index (χ1n) is 5.16. The number of aromatic nitrogens is 1. The van der Waals surface area contributed by atoms with Crippen LogP contribution in [0.2, 0.25) is 5.15 Å². The van der Waals surface area contributed by atoms with Gasteiger partial charge in [0.15, 0.2) is 23.3 Å². The Morgan fingerprint density at radius 1 is 0.900 bits per heavy atom. The summed E-state index contributed by atoms with van der Waals surface area (Å²) in [5.41, 5.74) is -1.89. The average molecular weight is 310 g/mol. The summed E-state index contributed by atoms with van der Waals surface area (Å²) in [6, 6.07) is 2.12. The summed E-state index contributed by atoms with van der Waals surface area (Å²) < 4.78 is 66.5. The molecule has 1 aromatic carbocycles. The van der Waals surface area contributed by atoms with Crippen molar-refractivity contribution in [2.75, 3.05) is 0 Å². The number of hydrogen-bond donors (Lipinski definition) is 1. The van der Waals surface area contributed by atoms with E-state index in [1.165, 1.54) is 0 Å². The highest BCUT2D eigenvalue weighted by atomic mass is 35.5. The molecule has 0 aliphatic heterocycles. The molecule has 1 heterocycles. The third-order valence-electron chi connectivity index (χ3n) is 2.57. The fourth-order valence-electron chi connectivity index (χ4n) is 1.66. The summed E-state index contributed by atoms with van der Waals surface area (Å²) in [5.74, 6) is -10.4. The quantitative estimate of drug-likeness (QED) is 0.398. The molecular formula is C12H5ClF5NO. The van der Waals surface area contributed by atoms with Gasteiger partial charge in [0.1, 0.15) is 5.15 Å². The minimum Gasteiger partial charge on any atom is -0.390 e. The summed E-state index contributed by atoms with van der Waals surface area (Å²) in [5, 5.41) is 8.96. The number of aliphatic hydroxyl groups excluding tert-OH is 1. The summed E-state index contributed by atoms with van der Waals surface area (Å²) in [6.07, 6.45) is 0. The zero-order valence-corrected chi connectivity index (χ0v) is 10.3. The number of hydrogen-bond acceptors (Lipinski definition) is 2. The molecule has 0 atom stereocenters. The maximum absolute atomic E-state index is 13.6. The molecule has 1 N–H and O–H groups in total. The van der Waals surface area contributed by atoms with Crippen LogP contribution in [-0.2, 0) is 6.61 Å². The molecular weight excluding hydrogens is 305 g/mol. The van der Waals surface area contributed by atoms with Gasteiger partial charge in [-0.2, -0.15) is 0 Å². The molecule has 0 fully saturated rings. The molecule has 2 nitrogen and oxygen atoms in total. The number of nitrogens with zero attached hydrogens (tertiary/aromatic N) is 1. The lowest BCUT2D eigenvalue weighted by molar-refractivity contribution is 0.277. The van der Waals surface area contributed by atoms with Gasteiger partial charge in [-0.3, -0.25) is 0 Å². The molecule has 8 heteroatoms. The highest BCUT2D eigenvalue weighted by molar-refractivity contribution is 6.29. The second-order valence-electron chi connectivity index (χ2n) is 3.73. The minimum absolute atomic E-state index is 0.0957. The second kappa shape index (κ2) is 5.34. The Bertz CT molecular complexity index is 663. The van der Waals surface area contributed by atoms with Crippen LogP contribution >= 0.6 is 11.6 Å². The number of aliphatic hydroxyl groups is 1. The maximum Gasteiger partial charge on any atom is 0.200 e. The van der Waals surface area contributed by atoms with E-state index in [1.54, 1.807) is 0 Å².